The van der Waals surface area contributed by atoms with Crippen LogP contribution in [-0.2, 0) is 20.7 Å². The first-order valence-corrected chi connectivity index (χ1v) is 10.4. The summed E-state index contributed by atoms with van der Waals surface area (Å²) in [5.41, 5.74) is 4.10. The topological polar surface area (TPSA) is 84.5 Å². The third-order valence-electron chi connectivity index (χ3n) is 5.04. The number of hydrogen-bond acceptors (Lipinski definition) is 4. The number of carbonyl (C=O) groups excluding carboxylic acids is 3. The summed E-state index contributed by atoms with van der Waals surface area (Å²) in [4.78, 5) is 37.6. The number of anilines is 1. The number of aryl methyl sites for hydroxylation is 2. The molecule has 32 heavy (non-hydrogen) atoms. The van der Waals surface area contributed by atoms with Crippen LogP contribution in [0.4, 0.5) is 5.69 Å². The zero-order valence-electron chi connectivity index (χ0n) is 18.1. The van der Waals surface area contributed by atoms with Crippen molar-refractivity contribution in [2.24, 2.45) is 0 Å². The van der Waals surface area contributed by atoms with Crippen LogP contribution in [0.5, 0.6) is 0 Å². The molecule has 0 saturated carbocycles. The van der Waals surface area contributed by atoms with Crippen LogP contribution < -0.4 is 10.6 Å². The van der Waals surface area contributed by atoms with Crippen molar-refractivity contribution >= 4 is 23.5 Å². The molecule has 0 aliphatic carbocycles. The second-order valence-electron chi connectivity index (χ2n) is 7.54. The third kappa shape index (κ3) is 6.54. The summed E-state index contributed by atoms with van der Waals surface area (Å²) in [6, 6.07) is 22.6. The zero-order valence-corrected chi connectivity index (χ0v) is 18.1. The van der Waals surface area contributed by atoms with Crippen LogP contribution >= 0.6 is 0 Å². The fraction of sp³-hybridized carbons (Fsp3) is 0.192. The van der Waals surface area contributed by atoms with Crippen LogP contribution in [0.2, 0.25) is 0 Å². The molecule has 2 amide bonds. The molecule has 0 fully saturated rings. The number of ether oxygens (including phenoxy) is 1. The number of carbonyl (C=O) groups is 3. The average Bonchev–Trinajstić information content (AvgIpc) is 2.80. The summed E-state index contributed by atoms with van der Waals surface area (Å²) < 4.78 is 5.24. The van der Waals surface area contributed by atoms with Crippen LogP contribution in [0.1, 0.15) is 27.0 Å². The number of esters is 1. The van der Waals surface area contributed by atoms with Crippen molar-refractivity contribution in [3.63, 3.8) is 0 Å². The molecule has 0 aliphatic heterocycles. The molecule has 6 nitrogen and oxygen atoms in total. The molecule has 0 bridgehead atoms. The van der Waals surface area contributed by atoms with Crippen LogP contribution in [0, 0.1) is 13.8 Å². The lowest BCUT2D eigenvalue weighted by atomic mass is 10.1. The highest BCUT2D eigenvalue weighted by Gasteiger charge is 2.24. The quantitative estimate of drug-likeness (QED) is 0.532. The van der Waals surface area contributed by atoms with E-state index < -0.39 is 24.5 Å². The molecule has 1 atom stereocenters. The molecule has 0 heterocycles. The molecular formula is C26H26N2O4. The number of hydrogen-bond donors (Lipinski definition) is 2. The first-order valence-electron chi connectivity index (χ1n) is 10.4. The Bertz CT molecular complexity index is 1080. The standard InChI is InChI=1S/C26H26N2O4/c1-18-13-14-22(15-19(18)2)27-24(29)17-32-26(31)23(16-20-9-5-3-6-10-20)28-25(30)21-11-7-4-8-12-21/h3-15,23H,16-17H2,1-2H3,(H,27,29)(H,28,30). The molecule has 0 saturated heterocycles. The van der Waals surface area contributed by atoms with Crippen molar-refractivity contribution in [1.29, 1.82) is 0 Å². The highest BCUT2D eigenvalue weighted by atomic mass is 16.5. The SMILES string of the molecule is Cc1ccc(NC(=O)COC(=O)C(Cc2ccccc2)NC(=O)c2ccccc2)cc1C. The average molecular weight is 431 g/mol. The molecular weight excluding hydrogens is 404 g/mol. The summed E-state index contributed by atoms with van der Waals surface area (Å²) in [7, 11) is 0. The van der Waals surface area contributed by atoms with Crippen molar-refractivity contribution in [3.05, 3.63) is 101 Å². The molecule has 1 unspecified atom stereocenters. The Morgan fingerprint density at radius 3 is 2.16 bits per heavy atom. The van der Waals surface area contributed by atoms with Crippen molar-refractivity contribution < 1.29 is 19.1 Å². The Hall–Kier alpha value is -3.93. The summed E-state index contributed by atoms with van der Waals surface area (Å²) in [5.74, 6) is -1.51. The van der Waals surface area contributed by atoms with Crippen LogP contribution in [0.3, 0.4) is 0 Å². The Balaban J connectivity index is 1.63. The van der Waals surface area contributed by atoms with Gasteiger partial charge in [-0.2, -0.15) is 0 Å². The van der Waals surface area contributed by atoms with Gasteiger partial charge in [0.25, 0.3) is 11.8 Å². The minimum atomic E-state index is -0.931. The van der Waals surface area contributed by atoms with Crippen LogP contribution in [-0.4, -0.2) is 30.4 Å². The van der Waals surface area contributed by atoms with Crippen molar-refractivity contribution in [2.45, 2.75) is 26.3 Å². The monoisotopic (exact) mass is 430 g/mol. The van der Waals surface area contributed by atoms with E-state index in [9.17, 15) is 14.4 Å². The molecule has 3 aromatic carbocycles. The molecule has 0 spiro atoms. The van der Waals surface area contributed by atoms with Gasteiger partial charge in [-0.15, -0.1) is 0 Å². The van der Waals surface area contributed by atoms with E-state index in [1.54, 1.807) is 36.4 Å². The van der Waals surface area contributed by atoms with Gasteiger partial charge in [0.2, 0.25) is 0 Å². The molecule has 2 N–H and O–H groups in total. The minimum Gasteiger partial charge on any atom is -0.454 e. The molecule has 6 heteroatoms. The molecule has 0 radical (unpaired) electrons. The first kappa shape index (κ1) is 22.7. The summed E-state index contributed by atoms with van der Waals surface area (Å²) >= 11 is 0. The van der Waals surface area contributed by atoms with Gasteiger partial charge in [0.1, 0.15) is 6.04 Å². The highest BCUT2D eigenvalue weighted by Crippen LogP contribution is 2.14. The van der Waals surface area contributed by atoms with Crippen molar-refractivity contribution in [2.75, 3.05) is 11.9 Å². The van der Waals surface area contributed by atoms with Gasteiger partial charge in [0.15, 0.2) is 6.61 Å². The van der Waals surface area contributed by atoms with E-state index in [0.717, 1.165) is 16.7 Å². The van der Waals surface area contributed by atoms with Crippen LogP contribution in [0.25, 0.3) is 0 Å². The Morgan fingerprint density at radius 2 is 1.50 bits per heavy atom. The summed E-state index contributed by atoms with van der Waals surface area (Å²) in [6.07, 6.45) is 0.247. The maximum absolute atomic E-state index is 12.8. The Kier molecular flexibility index (Phi) is 7.75. The second kappa shape index (κ2) is 10.9. The largest absolute Gasteiger partial charge is 0.454 e. The first-order chi connectivity index (χ1) is 15.4. The molecule has 164 valence electrons. The van der Waals surface area contributed by atoms with Gasteiger partial charge in [0, 0.05) is 17.7 Å². The molecule has 3 aromatic rings. The van der Waals surface area contributed by atoms with E-state index in [0.29, 0.717) is 11.3 Å². The third-order valence-corrected chi connectivity index (χ3v) is 5.04. The van der Waals surface area contributed by atoms with E-state index in [2.05, 4.69) is 10.6 Å². The van der Waals surface area contributed by atoms with E-state index >= 15 is 0 Å². The van der Waals surface area contributed by atoms with Gasteiger partial charge in [-0.25, -0.2) is 4.79 Å². The second-order valence-corrected chi connectivity index (χ2v) is 7.54. The van der Waals surface area contributed by atoms with Gasteiger partial charge < -0.3 is 15.4 Å². The smallest absolute Gasteiger partial charge is 0.329 e. The maximum Gasteiger partial charge on any atom is 0.329 e. The molecule has 3 rings (SSSR count). The van der Waals surface area contributed by atoms with E-state index in [1.807, 2.05) is 56.3 Å². The minimum absolute atomic E-state index is 0.247. The van der Waals surface area contributed by atoms with Crippen molar-refractivity contribution in [1.82, 2.24) is 5.32 Å². The van der Waals surface area contributed by atoms with Gasteiger partial charge in [0.05, 0.1) is 0 Å². The Labute approximate surface area is 187 Å². The van der Waals surface area contributed by atoms with E-state index in [4.69, 9.17) is 4.74 Å². The predicted molar refractivity (Wildman–Crippen MR) is 123 cm³/mol. The van der Waals surface area contributed by atoms with Gasteiger partial charge in [-0.1, -0.05) is 54.6 Å². The predicted octanol–water partition coefficient (Wildman–Crippen LogP) is 3.83. The number of amides is 2. The van der Waals surface area contributed by atoms with Gasteiger partial charge >= 0.3 is 5.97 Å². The fourth-order valence-electron chi connectivity index (χ4n) is 3.13. The lowest BCUT2D eigenvalue weighted by molar-refractivity contribution is -0.149. The molecule has 0 aromatic heterocycles. The number of nitrogens with one attached hydrogen (secondary N) is 2. The van der Waals surface area contributed by atoms with E-state index in [-0.39, 0.29) is 12.3 Å². The van der Waals surface area contributed by atoms with Gasteiger partial charge in [-0.05, 0) is 54.8 Å². The maximum atomic E-state index is 12.8. The fourth-order valence-corrected chi connectivity index (χ4v) is 3.13. The van der Waals surface area contributed by atoms with Crippen molar-refractivity contribution in [3.8, 4) is 0 Å². The lowest BCUT2D eigenvalue weighted by Gasteiger charge is -2.18. The Morgan fingerprint density at radius 1 is 0.844 bits per heavy atom. The summed E-state index contributed by atoms with van der Waals surface area (Å²) in [5, 5.41) is 5.44. The normalized spacial score (nSPS) is 11.3. The number of rotatable bonds is 8. The summed E-state index contributed by atoms with van der Waals surface area (Å²) in [6.45, 7) is 3.49. The highest BCUT2D eigenvalue weighted by molar-refractivity contribution is 5.97. The molecule has 0 aliphatic rings. The zero-order chi connectivity index (χ0) is 22.9. The van der Waals surface area contributed by atoms with Crippen LogP contribution in [0.15, 0.2) is 78.9 Å². The lowest BCUT2D eigenvalue weighted by Crippen LogP contribution is -2.44. The van der Waals surface area contributed by atoms with E-state index in [1.165, 1.54) is 0 Å². The van der Waals surface area contributed by atoms with Gasteiger partial charge in [-0.3, -0.25) is 9.59 Å². The number of benzene rings is 3.